The van der Waals surface area contributed by atoms with Crippen LogP contribution in [-0.2, 0) is 16.1 Å². The number of rotatable bonds is 6. The quantitative estimate of drug-likeness (QED) is 0.768. The largest absolute Gasteiger partial charge is 0.489 e. The molecule has 0 radical (unpaired) electrons. The first-order valence-corrected chi connectivity index (χ1v) is 8.55. The summed E-state index contributed by atoms with van der Waals surface area (Å²) in [6.45, 7) is 0.668. The van der Waals surface area contributed by atoms with Crippen molar-refractivity contribution in [3.05, 3.63) is 65.7 Å². The normalized spacial score (nSPS) is 22.6. The van der Waals surface area contributed by atoms with Crippen LogP contribution in [0.2, 0.25) is 0 Å². The molecule has 6 nitrogen and oxygen atoms in total. The van der Waals surface area contributed by atoms with Gasteiger partial charge in [0.2, 0.25) is 0 Å². The highest BCUT2D eigenvalue weighted by molar-refractivity contribution is 5.89. The second-order valence-corrected chi connectivity index (χ2v) is 6.15. The van der Waals surface area contributed by atoms with Crippen molar-refractivity contribution in [2.75, 3.05) is 13.2 Å². The first-order chi connectivity index (χ1) is 12.6. The van der Waals surface area contributed by atoms with Crippen LogP contribution in [0.5, 0.6) is 5.75 Å². The Labute approximate surface area is 151 Å². The van der Waals surface area contributed by atoms with Crippen molar-refractivity contribution in [2.24, 2.45) is 0 Å². The molecule has 0 amide bonds. The highest BCUT2D eigenvalue weighted by atomic mass is 16.6. The van der Waals surface area contributed by atoms with Gasteiger partial charge in [-0.05, 0) is 36.2 Å². The highest BCUT2D eigenvalue weighted by Crippen LogP contribution is 2.17. The van der Waals surface area contributed by atoms with E-state index in [1.165, 1.54) is 0 Å². The maximum atomic E-state index is 12.1. The highest BCUT2D eigenvalue weighted by Gasteiger charge is 2.32. The predicted octanol–water partition coefficient (Wildman–Crippen LogP) is 1.93. The number of ether oxygens (including phenoxy) is 3. The number of aliphatic hydroxyl groups is 2. The minimum Gasteiger partial charge on any atom is -0.489 e. The molecule has 3 atom stereocenters. The van der Waals surface area contributed by atoms with Crippen molar-refractivity contribution in [1.29, 1.82) is 0 Å². The summed E-state index contributed by atoms with van der Waals surface area (Å²) in [4.78, 5) is 12.1. The number of aliphatic hydroxyl groups excluding tert-OH is 2. The number of esters is 1. The molecule has 0 bridgehead atoms. The molecular weight excluding hydrogens is 336 g/mol. The molecular formula is C20H22O6. The topological polar surface area (TPSA) is 85.2 Å². The first kappa shape index (κ1) is 18.4. The van der Waals surface area contributed by atoms with Crippen LogP contribution in [0, 0.1) is 0 Å². The van der Waals surface area contributed by atoms with E-state index in [2.05, 4.69) is 0 Å². The van der Waals surface area contributed by atoms with Gasteiger partial charge in [-0.2, -0.15) is 0 Å². The molecule has 2 N–H and O–H groups in total. The van der Waals surface area contributed by atoms with Gasteiger partial charge in [0.05, 0.1) is 11.7 Å². The minimum atomic E-state index is -1.05. The van der Waals surface area contributed by atoms with Crippen molar-refractivity contribution in [1.82, 2.24) is 0 Å². The molecule has 0 aliphatic carbocycles. The summed E-state index contributed by atoms with van der Waals surface area (Å²) in [5, 5.41) is 19.4. The maximum Gasteiger partial charge on any atom is 0.338 e. The van der Waals surface area contributed by atoms with E-state index in [4.69, 9.17) is 14.2 Å². The standard InChI is InChI=1S/C20H22O6/c21-17-10-11-24-18(19(17)22)13-26-20(23)15-6-8-16(9-7-15)25-12-14-4-2-1-3-5-14/h1-9,17-19,21-22H,10-13H2. The van der Waals surface area contributed by atoms with Gasteiger partial charge in [0.1, 0.15) is 31.2 Å². The van der Waals surface area contributed by atoms with Gasteiger partial charge in [0.15, 0.2) is 0 Å². The molecule has 1 heterocycles. The number of hydrogen-bond donors (Lipinski definition) is 2. The monoisotopic (exact) mass is 358 g/mol. The average molecular weight is 358 g/mol. The Morgan fingerprint density at radius 3 is 2.54 bits per heavy atom. The van der Waals surface area contributed by atoms with E-state index in [1.54, 1.807) is 24.3 Å². The Kier molecular flexibility index (Phi) is 6.22. The summed E-state index contributed by atoms with van der Waals surface area (Å²) in [7, 11) is 0. The van der Waals surface area contributed by atoms with Gasteiger partial charge in [0.25, 0.3) is 0 Å². The van der Waals surface area contributed by atoms with Crippen LogP contribution in [0.4, 0.5) is 0 Å². The molecule has 1 fully saturated rings. The van der Waals surface area contributed by atoms with Crippen LogP contribution in [-0.4, -0.2) is 47.7 Å². The number of carbonyl (C=O) groups is 1. The molecule has 1 aliphatic heterocycles. The zero-order valence-corrected chi connectivity index (χ0v) is 14.3. The van der Waals surface area contributed by atoms with Gasteiger partial charge >= 0.3 is 5.97 Å². The third-order valence-electron chi connectivity index (χ3n) is 4.24. The van der Waals surface area contributed by atoms with Gasteiger partial charge in [-0.3, -0.25) is 0 Å². The van der Waals surface area contributed by atoms with Gasteiger partial charge in [-0.1, -0.05) is 30.3 Å². The Hall–Kier alpha value is -2.41. The summed E-state index contributed by atoms with van der Waals surface area (Å²) in [5.74, 6) is 0.134. The summed E-state index contributed by atoms with van der Waals surface area (Å²) >= 11 is 0. The number of hydrogen-bond acceptors (Lipinski definition) is 6. The molecule has 138 valence electrons. The van der Waals surface area contributed by atoms with Gasteiger partial charge in [0, 0.05) is 6.61 Å². The van der Waals surface area contributed by atoms with Gasteiger partial charge in [-0.25, -0.2) is 4.79 Å². The molecule has 3 rings (SSSR count). The van der Waals surface area contributed by atoms with Crippen LogP contribution < -0.4 is 4.74 Å². The average Bonchev–Trinajstić information content (AvgIpc) is 2.68. The Morgan fingerprint density at radius 1 is 1.08 bits per heavy atom. The lowest BCUT2D eigenvalue weighted by Crippen LogP contribution is -2.47. The molecule has 0 saturated carbocycles. The van der Waals surface area contributed by atoms with E-state index in [9.17, 15) is 15.0 Å². The molecule has 6 heteroatoms. The summed E-state index contributed by atoms with van der Waals surface area (Å²) in [6.07, 6.45) is -2.24. The smallest absolute Gasteiger partial charge is 0.338 e. The predicted molar refractivity (Wildman–Crippen MR) is 93.9 cm³/mol. The van der Waals surface area contributed by atoms with Gasteiger partial charge in [-0.15, -0.1) is 0 Å². The van der Waals surface area contributed by atoms with E-state index in [0.717, 1.165) is 5.56 Å². The summed E-state index contributed by atoms with van der Waals surface area (Å²) in [6, 6.07) is 16.4. The van der Waals surface area contributed by atoms with E-state index in [0.29, 0.717) is 30.9 Å². The number of carbonyl (C=O) groups excluding carboxylic acids is 1. The fraction of sp³-hybridized carbons (Fsp3) is 0.350. The lowest BCUT2D eigenvalue weighted by atomic mass is 10.0. The van der Waals surface area contributed by atoms with Crippen molar-refractivity contribution < 1.29 is 29.2 Å². The summed E-state index contributed by atoms with van der Waals surface area (Å²) < 4.78 is 16.2. The van der Waals surface area contributed by atoms with E-state index >= 15 is 0 Å². The Balaban J connectivity index is 1.49. The zero-order valence-electron chi connectivity index (χ0n) is 14.3. The van der Waals surface area contributed by atoms with Crippen LogP contribution >= 0.6 is 0 Å². The first-order valence-electron chi connectivity index (χ1n) is 8.55. The van der Waals surface area contributed by atoms with E-state index < -0.39 is 24.3 Å². The molecule has 0 aromatic heterocycles. The van der Waals surface area contributed by atoms with Crippen LogP contribution in [0.25, 0.3) is 0 Å². The summed E-state index contributed by atoms with van der Waals surface area (Å²) in [5.41, 5.74) is 1.44. The molecule has 2 aromatic carbocycles. The second-order valence-electron chi connectivity index (χ2n) is 6.15. The number of benzene rings is 2. The molecule has 0 spiro atoms. The minimum absolute atomic E-state index is 0.108. The fourth-order valence-electron chi connectivity index (χ4n) is 2.67. The Bertz CT molecular complexity index is 700. The third kappa shape index (κ3) is 4.82. The van der Waals surface area contributed by atoms with Crippen molar-refractivity contribution >= 4 is 5.97 Å². The van der Waals surface area contributed by atoms with Gasteiger partial charge < -0.3 is 24.4 Å². The van der Waals surface area contributed by atoms with Crippen molar-refractivity contribution in [3.8, 4) is 5.75 Å². The molecule has 3 unspecified atom stereocenters. The maximum absolute atomic E-state index is 12.1. The Morgan fingerprint density at radius 2 is 1.81 bits per heavy atom. The molecule has 26 heavy (non-hydrogen) atoms. The zero-order chi connectivity index (χ0) is 18.4. The van der Waals surface area contributed by atoms with Crippen molar-refractivity contribution in [2.45, 2.75) is 31.3 Å². The fourth-order valence-corrected chi connectivity index (χ4v) is 2.67. The van der Waals surface area contributed by atoms with Crippen LogP contribution in [0.1, 0.15) is 22.3 Å². The van der Waals surface area contributed by atoms with E-state index in [-0.39, 0.29) is 6.61 Å². The second kappa shape index (κ2) is 8.80. The molecule has 1 aliphatic rings. The SMILES string of the molecule is O=C(OCC1OCCC(O)C1O)c1ccc(OCc2ccccc2)cc1. The van der Waals surface area contributed by atoms with Crippen molar-refractivity contribution in [3.63, 3.8) is 0 Å². The van der Waals surface area contributed by atoms with E-state index in [1.807, 2.05) is 30.3 Å². The molecule has 2 aromatic rings. The lowest BCUT2D eigenvalue weighted by molar-refractivity contribution is -0.148. The van der Waals surface area contributed by atoms with Crippen LogP contribution in [0.15, 0.2) is 54.6 Å². The third-order valence-corrected chi connectivity index (χ3v) is 4.24. The van der Waals surface area contributed by atoms with Crippen LogP contribution in [0.3, 0.4) is 0 Å². The lowest BCUT2D eigenvalue weighted by Gasteiger charge is -2.31. The molecule has 1 saturated heterocycles.